The van der Waals surface area contributed by atoms with Crippen molar-refractivity contribution in [3.05, 3.63) is 51.3 Å². The molecular formula is C18H21Cl2N3O3. The predicted octanol–water partition coefficient (Wildman–Crippen LogP) is 3.63. The van der Waals surface area contributed by atoms with Gasteiger partial charge in [0.05, 0.1) is 5.69 Å². The van der Waals surface area contributed by atoms with Crippen LogP contribution in [0.25, 0.3) is 0 Å². The number of nitrogens with one attached hydrogen (secondary N) is 1. The highest BCUT2D eigenvalue weighted by Gasteiger charge is 2.22. The van der Waals surface area contributed by atoms with Crippen LogP contribution in [0.1, 0.15) is 35.5 Å². The molecule has 0 aliphatic rings. The molecule has 0 unspecified atom stereocenters. The van der Waals surface area contributed by atoms with Crippen molar-refractivity contribution in [2.45, 2.75) is 33.9 Å². The third-order valence-corrected chi connectivity index (χ3v) is 4.18. The fraction of sp³-hybridized carbons (Fsp3) is 0.389. The van der Waals surface area contributed by atoms with Gasteiger partial charge in [-0.25, -0.2) is 4.79 Å². The molecule has 0 aliphatic heterocycles. The Kier molecular flexibility index (Phi) is 7.06. The zero-order valence-electron chi connectivity index (χ0n) is 14.9. The van der Waals surface area contributed by atoms with Gasteiger partial charge in [0.1, 0.15) is 10.7 Å². The number of halogens is 2. The van der Waals surface area contributed by atoms with Crippen molar-refractivity contribution in [3.8, 4) is 0 Å². The van der Waals surface area contributed by atoms with Gasteiger partial charge in [0.15, 0.2) is 6.61 Å². The number of hydrogen-bond donors (Lipinski definition) is 1. The third kappa shape index (κ3) is 5.47. The molecule has 0 atom stereocenters. The van der Waals surface area contributed by atoms with Crippen LogP contribution in [0, 0.1) is 12.8 Å². The van der Waals surface area contributed by atoms with Crippen LogP contribution in [0.5, 0.6) is 0 Å². The number of nitrogens with zero attached hydrogens (tertiary/aromatic N) is 2. The highest BCUT2D eigenvalue weighted by Crippen LogP contribution is 2.21. The van der Waals surface area contributed by atoms with Gasteiger partial charge in [0.25, 0.3) is 5.91 Å². The maximum Gasteiger partial charge on any atom is 0.343 e. The number of benzene rings is 1. The second-order valence-electron chi connectivity index (χ2n) is 6.31. The van der Waals surface area contributed by atoms with Crippen molar-refractivity contribution >= 4 is 35.1 Å². The zero-order chi connectivity index (χ0) is 19.3. The number of carbonyl (C=O) groups excluding carboxylic acids is 2. The summed E-state index contributed by atoms with van der Waals surface area (Å²) in [6, 6.07) is 7.09. The Morgan fingerprint density at radius 3 is 2.50 bits per heavy atom. The molecule has 2 rings (SSSR count). The first-order valence-electron chi connectivity index (χ1n) is 8.19. The van der Waals surface area contributed by atoms with Gasteiger partial charge in [-0.1, -0.05) is 49.2 Å². The van der Waals surface area contributed by atoms with E-state index in [2.05, 4.69) is 10.4 Å². The Morgan fingerprint density at radius 2 is 1.88 bits per heavy atom. The smallest absolute Gasteiger partial charge is 0.343 e. The third-order valence-electron chi connectivity index (χ3n) is 3.54. The molecule has 0 radical (unpaired) electrons. The van der Waals surface area contributed by atoms with Gasteiger partial charge in [-0.05, 0) is 30.5 Å². The summed E-state index contributed by atoms with van der Waals surface area (Å²) in [4.78, 5) is 24.1. The number of aromatic nitrogens is 2. The second-order valence-corrected chi connectivity index (χ2v) is 7.10. The molecular weight excluding hydrogens is 377 g/mol. The summed E-state index contributed by atoms with van der Waals surface area (Å²) in [5, 5.41) is 7.78. The van der Waals surface area contributed by atoms with Crippen LogP contribution >= 0.6 is 23.2 Å². The van der Waals surface area contributed by atoms with Crippen molar-refractivity contribution in [2.24, 2.45) is 5.92 Å². The lowest BCUT2D eigenvalue weighted by Gasteiger charge is -2.08. The van der Waals surface area contributed by atoms with Crippen molar-refractivity contribution in [3.63, 3.8) is 0 Å². The first-order chi connectivity index (χ1) is 12.3. The molecule has 26 heavy (non-hydrogen) atoms. The lowest BCUT2D eigenvalue weighted by atomic mass is 10.2. The maximum absolute atomic E-state index is 12.2. The zero-order valence-corrected chi connectivity index (χ0v) is 16.4. The van der Waals surface area contributed by atoms with Gasteiger partial charge < -0.3 is 10.1 Å². The van der Waals surface area contributed by atoms with Crippen LogP contribution < -0.4 is 5.32 Å². The summed E-state index contributed by atoms with van der Waals surface area (Å²) in [5.41, 5.74) is 1.56. The van der Waals surface area contributed by atoms with Crippen molar-refractivity contribution in [1.29, 1.82) is 0 Å². The molecule has 1 amide bonds. The molecule has 0 fully saturated rings. The molecule has 0 bridgehead atoms. The molecule has 0 spiro atoms. The predicted molar refractivity (Wildman–Crippen MR) is 100 cm³/mol. The number of rotatable bonds is 7. The number of carbonyl (C=O) groups is 2. The average Bonchev–Trinajstić information content (AvgIpc) is 2.85. The van der Waals surface area contributed by atoms with Gasteiger partial charge in [-0.3, -0.25) is 9.48 Å². The Morgan fingerprint density at radius 1 is 1.23 bits per heavy atom. The minimum absolute atomic E-state index is 0.192. The van der Waals surface area contributed by atoms with E-state index >= 15 is 0 Å². The fourth-order valence-corrected chi connectivity index (χ4v) is 2.76. The van der Waals surface area contributed by atoms with E-state index in [1.807, 2.05) is 13.8 Å². The van der Waals surface area contributed by atoms with Crippen LogP contribution in [-0.4, -0.2) is 28.3 Å². The van der Waals surface area contributed by atoms with Crippen LogP contribution in [0.2, 0.25) is 10.2 Å². The summed E-state index contributed by atoms with van der Waals surface area (Å²) in [6.07, 6.45) is 0. The fourth-order valence-electron chi connectivity index (χ4n) is 2.31. The number of esters is 1. The quantitative estimate of drug-likeness (QED) is 0.723. The van der Waals surface area contributed by atoms with E-state index in [1.54, 1.807) is 35.9 Å². The van der Waals surface area contributed by atoms with Crippen LogP contribution in [0.3, 0.4) is 0 Å². The Hall–Kier alpha value is -2.05. The van der Waals surface area contributed by atoms with Gasteiger partial charge >= 0.3 is 5.97 Å². The molecule has 8 heteroatoms. The summed E-state index contributed by atoms with van der Waals surface area (Å²) < 4.78 is 6.64. The highest BCUT2D eigenvalue weighted by atomic mass is 35.5. The van der Waals surface area contributed by atoms with Crippen molar-refractivity contribution in [1.82, 2.24) is 15.1 Å². The Balaban J connectivity index is 1.89. The van der Waals surface area contributed by atoms with Gasteiger partial charge in [0.2, 0.25) is 0 Å². The van der Waals surface area contributed by atoms with E-state index in [-0.39, 0.29) is 10.7 Å². The second kappa shape index (κ2) is 9.05. The van der Waals surface area contributed by atoms with Crippen molar-refractivity contribution < 1.29 is 14.3 Å². The molecule has 1 heterocycles. The number of aryl methyl sites for hydroxylation is 1. The molecule has 1 aromatic carbocycles. The number of amides is 1. The highest BCUT2D eigenvalue weighted by molar-refractivity contribution is 6.32. The van der Waals surface area contributed by atoms with Gasteiger partial charge in [-0.2, -0.15) is 5.10 Å². The molecule has 6 nitrogen and oxygen atoms in total. The topological polar surface area (TPSA) is 73.2 Å². The Labute approximate surface area is 162 Å². The Bertz CT molecular complexity index is 786. The molecule has 140 valence electrons. The largest absolute Gasteiger partial charge is 0.452 e. The van der Waals surface area contributed by atoms with E-state index in [0.29, 0.717) is 29.7 Å². The first-order valence-corrected chi connectivity index (χ1v) is 8.94. The standard InChI is InChI=1S/C18H21Cl2N3O3/c1-11(2)9-23-17(20)16(12(3)22-23)18(25)26-10-15(24)21-8-13-4-6-14(19)7-5-13/h4-7,11H,8-10H2,1-3H3,(H,21,24). The lowest BCUT2D eigenvalue weighted by Crippen LogP contribution is -2.28. The monoisotopic (exact) mass is 397 g/mol. The molecule has 2 aromatic rings. The van der Waals surface area contributed by atoms with E-state index < -0.39 is 18.5 Å². The molecule has 1 N–H and O–H groups in total. The van der Waals surface area contributed by atoms with Gasteiger partial charge in [-0.15, -0.1) is 0 Å². The van der Waals surface area contributed by atoms with Crippen LogP contribution in [0.4, 0.5) is 0 Å². The molecule has 0 saturated heterocycles. The molecule has 1 aromatic heterocycles. The minimum Gasteiger partial charge on any atom is -0.452 e. The van der Waals surface area contributed by atoms with Crippen molar-refractivity contribution in [2.75, 3.05) is 6.61 Å². The number of hydrogen-bond acceptors (Lipinski definition) is 4. The van der Waals surface area contributed by atoms with Crippen LogP contribution in [-0.2, 0) is 22.6 Å². The normalized spacial score (nSPS) is 10.8. The summed E-state index contributed by atoms with van der Waals surface area (Å²) in [6.45, 7) is 6.25. The molecule has 0 saturated carbocycles. The van der Waals surface area contributed by atoms with Gasteiger partial charge in [0, 0.05) is 18.1 Å². The van der Waals surface area contributed by atoms with E-state index in [1.165, 1.54) is 0 Å². The molecule has 0 aliphatic carbocycles. The summed E-state index contributed by atoms with van der Waals surface area (Å²) in [5.74, 6) is -0.741. The minimum atomic E-state index is -0.663. The average molecular weight is 398 g/mol. The van der Waals surface area contributed by atoms with E-state index in [9.17, 15) is 9.59 Å². The van der Waals surface area contributed by atoms with E-state index in [0.717, 1.165) is 5.56 Å². The number of ether oxygens (including phenoxy) is 1. The van der Waals surface area contributed by atoms with Crippen LogP contribution in [0.15, 0.2) is 24.3 Å². The first kappa shape index (κ1) is 20.3. The summed E-state index contributed by atoms with van der Waals surface area (Å²) in [7, 11) is 0. The maximum atomic E-state index is 12.2. The SMILES string of the molecule is Cc1nn(CC(C)C)c(Cl)c1C(=O)OCC(=O)NCc1ccc(Cl)cc1. The lowest BCUT2D eigenvalue weighted by molar-refractivity contribution is -0.124. The van der Waals surface area contributed by atoms with E-state index in [4.69, 9.17) is 27.9 Å². The summed E-state index contributed by atoms with van der Waals surface area (Å²) >= 11 is 12.0.